The van der Waals surface area contributed by atoms with Gasteiger partial charge in [-0.15, -0.1) is 0 Å². The van der Waals surface area contributed by atoms with Gasteiger partial charge in [-0.1, -0.05) is 12.1 Å². The second-order valence-electron chi connectivity index (χ2n) is 5.38. The van der Waals surface area contributed by atoms with Crippen LogP contribution in [-0.2, 0) is 11.2 Å². The number of aryl methyl sites for hydroxylation is 2. The van der Waals surface area contributed by atoms with Crippen molar-refractivity contribution in [1.29, 1.82) is 0 Å². The summed E-state index contributed by atoms with van der Waals surface area (Å²) < 4.78 is 5.54. The van der Waals surface area contributed by atoms with E-state index in [1.165, 1.54) is 0 Å². The summed E-state index contributed by atoms with van der Waals surface area (Å²) in [6.07, 6.45) is 0.194. The highest BCUT2D eigenvalue weighted by atomic mass is 16.5. The van der Waals surface area contributed by atoms with E-state index in [0.29, 0.717) is 11.3 Å². The van der Waals surface area contributed by atoms with Gasteiger partial charge in [0.2, 0.25) is 5.91 Å². The molecule has 1 atom stereocenters. The summed E-state index contributed by atoms with van der Waals surface area (Å²) in [5.41, 5.74) is 3.03. The molecule has 2 N–H and O–H groups in total. The summed E-state index contributed by atoms with van der Waals surface area (Å²) in [5.74, 6) is 0.240. The number of hydrogen-bond donors (Lipinski definition) is 2. The Morgan fingerprint density at radius 3 is 2.91 bits per heavy atom. The van der Waals surface area contributed by atoms with Gasteiger partial charge in [-0.3, -0.25) is 14.7 Å². The summed E-state index contributed by atoms with van der Waals surface area (Å²) in [7, 11) is 0. The summed E-state index contributed by atoms with van der Waals surface area (Å²) in [6, 6.07) is 6.41. The number of Topliss-reactive ketones (excluding diaryl/α,β-unsaturated/α-hetero) is 1. The van der Waals surface area contributed by atoms with E-state index >= 15 is 0 Å². The molecule has 0 bridgehead atoms. The van der Waals surface area contributed by atoms with E-state index in [2.05, 4.69) is 15.5 Å². The Labute approximate surface area is 127 Å². The number of carbonyl (C=O) groups is 2. The molecule has 0 saturated carbocycles. The second-order valence-corrected chi connectivity index (χ2v) is 5.38. The van der Waals surface area contributed by atoms with Gasteiger partial charge in [0.25, 0.3) is 0 Å². The van der Waals surface area contributed by atoms with Crippen LogP contribution < -0.4 is 10.1 Å². The molecule has 6 nitrogen and oxygen atoms in total. The van der Waals surface area contributed by atoms with Crippen LogP contribution in [0.1, 0.15) is 27.3 Å². The lowest BCUT2D eigenvalue weighted by molar-refractivity contribution is -0.121. The van der Waals surface area contributed by atoms with Crippen LogP contribution in [0.3, 0.4) is 0 Å². The number of nitrogens with one attached hydrogen (secondary N) is 2. The molecule has 0 aliphatic carbocycles. The molecular weight excluding hydrogens is 282 g/mol. The maximum Gasteiger partial charge on any atom is 0.225 e. The largest absolute Gasteiger partial charge is 0.490 e. The van der Waals surface area contributed by atoms with E-state index in [1.807, 2.05) is 19.9 Å². The summed E-state index contributed by atoms with van der Waals surface area (Å²) in [4.78, 5) is 24.6. The highest BCUT2D eigenvalue weighted by Crippen LogP contribution is 2.24. The van der Waals surface area contributed by atoms with E-state index < -0.39 is 6.04 Å². The number of rotatable bonds is 3. The third kappa shape index (κ3) is 2.59. The molecule has 2 heterocycles. The SMILES string of the molecule is Cc1n[nH]c(C)c1CC(=O)N[C@@H]1COc2ccccc2C1=O. The Kier molecular flexibility index (Phi) is 3.66. The van der Waals surface area contributed by atoms with Gasteiger partial charge in [0.15, 0.2) is 5.78 Å². The normalized spacial score (nSPS) is 16.8. The van der Waals surface area contributed by atoms with Crippen LogP contribution in [0.2, 0.25) is 0 Å². The standard InChI is InChI=1S/C16H17N3O3/c1-9-12(10(2)19-18-9)7-15(20)17-13-8-22-14-6-4-3-5-11(14)16(13)21/h3-6,13H,7-8H2,1-2H3,(H,17,20)(H,18,19)/t13-/m1/s1. The molecule has 1 aromatic carbocycles. The van der Waals surface area contributed by atoms with Gasteiger partial charge in [0.1, 0.15) is 18.4 Å². The molecule has 1 aliphatic heterocycles. The van der Waals surface area contributed by atoms with Crippen molar-refractivity contribution in [2.45, 2.75) is 26.3 Å². The Morgan fingerprint density at radius 2 is 2.18 bits per heavy atom. The lowest BCUT2D eigenvalue weighted by atomic mass is 10.0. The average Bonchev–Trinajstić information content (AvgIpc) is 2.82. The Bertz CT molecular complexity index is 716. The first kappa shape index (κ1) is 14.3. The van der Waals surface area contributed by atoms with Crippen LogP contribution in [0, 0.1) is 13.8 Å². The fourth-order valence-corrected chi connectivity index (χ4v) is 2.58. The van der Waals surface area contributed by atoms with Gasteiger partial charge in [0.05, 0.1) is 17.7 Å². The number of aromatic amines is 1. The van der Waals surface area contributed by atoms with E-state index in [0.717, 1.165) is 17.0 Å². The zero-order chi connectivity index (χ0) is 15.7. The topological polar surface area (TPSA) is 84.1 Å². The first-order valence-electron chi connectivity index (χ1n) is 7.12. The number of amides is 1. The van der Waals surface area contributed by atoms with Crippen molar-refractivity contribution in [3.05, 3.63) is 46.8 Å². The van der Waals surface area contributed by atoms with Crippen molar-refractivity contribution in [2.75, 3.05) is 6.61 Å². The second kappa shape index (κ2) is 5.63. The minimum atomic E-state index is -0.644. The number of nitrogens with zero attached hydrogens (tertiary/aromatic N) is 1. The first-order valence-corrected chi connectivity index (χ1v) is 7.12. The maximum atomic E-state index is 12.4. The number of benzene rings is 1. The van der Waals surface area contributed by atoms with Crippen molar-refractivity contribution >= 4 is 11.7 Å². The number of para-hydroxylation sites is 1. The van der Waals surface area contributed by atoms with Gasteiger partial charge in [-0.25, -0.2) is 0 Å². The third-order valence-corrected chi connectivity index (χ3v) is 3.83. The molecule has 1 aromatic heterocycles. The van der Waals surface area contributed by atoms with Crippen LogP contribution in [0.4, 0.5) is 0 Å². The number of ether oxygens (including phenoxy) is 1. The molecule has 0 fully saturated rings. The first-order chi connectivity index (χ1) is 10.6. The van der Waals surface area contributed by atoms with Crippen LogP contribution in [0.25, 0.3) is 0 Å². The molecular formula is C16H17N3O3. The van der Waals surface area contributed by atoms with E-state index in [-0.39, 0.29) is 24.7 Å². The molecule has 1 aliphatic rings. The van der Waals surface area contributed by atoms with E-state index in [9.17, 15) is 9.59 Å². The summed E-state index contributed by atoms with van der Waals surface area (Å²) >= 11 is 0. The van der Waals surface area contributed by atoms with Crippen LogP contribution in [-0.4, -0.2) is 34.5 Å². The van der Waals surface area contributed by atoms with Gasteiger partial charge in [-0.2, -0.15) is 5.10 Å². The number of fused-ring (bicyclic) bond motifs is 1. The highest BCUT2D eigenvalue weighted by Gasteiger charge is 2.29. The number of ketones is 1. The summed E-state index contributed by atoms with van der Waals surface area (Å²) in [6.45, 7) is 3.87. The van der Waals surface area contributed by atoms with Crippen LogP contribution >= 0.6 is 0 Å². The minimum Gasteiger partial charge on any atom is -0.490 e. The Morgan fingerprint density at radius 1 is 1.41 bits per heavy atom. The predicted molar refractivity (Wildman–Crippen MR) is 80.0 cm³/mol. The zero-order valence-corrected chi connectivity index (χ0v) is 12.5. The van der Waals surface area contributed by atoms with E-state index in [4.69, 9.17) is 4.74 Å². The fourth-order valence-electron chi connectivity index (χ4n) is 2.58. The van der Waals surface area contributed by atoms with Crippen molar-refractivity contribution in [2.24, 2.45) is 0 Å². The fraction of sp³-hybridized carbons (Fsp3) is 0.312. The molecule has 22 heavy (non-hydrogen) atoms. The third-order valence-electron chi connectivity index (χ3n) is 3.83. The molecule has 0 spiro atoms. The molecule has 0 saturated heterocycles. The van der Waals surface area contributed by atoms with Crippen molar-refractivity contribution in [3.8, 4) is 5.75 Å². The van der Waals surface area contributed by atoms with Gasteiger partial charge in [0, 0.05) is 11.3 Å². The molecule has 114 valence electrons. The molecule has 3 rings (SSSR count). The smallest absolute Gasteiger partial charge is 0.225 e. The Balaban J connectivity index is 1.69. The van der Waals surface area contributed by atoms with Crippen LogP contribution in [0.5, 0.6) is 5.75 Å². The molecule has 0 unspecified atom stereocenters. The number of aromatic nitrogens is 2. The van der Waals surface area contributed by atoms with Crippen LogP contribution in [0.15, 0.2) is 24.3 Å². The maximum absolute atomic E-state index is 12.4. The molecule has 6 heteroatoms. The quantitative estimate of drug-likeness (QED) is 0.895. The van der Waals surface area contributed by atoms with Gasteiger partial charge < -0.3 is 10.1 Å². The number of H-pyrrole nitrogens is 1. The van der Waals surface area contributed by atoms with Gasteiger partial charge >= 0.3 is 0 Å². The zero-order valence-electron chi connectivity index (χ0n) is 12.5. The lowest BCUT2D eigenvalue weighted by Gasteiger charge is -2.24. The molecule has 0 radical (unpaired) electrons. The average molecular weight is 299 g/mol. The van der Waals surface area contributed by atoms with E-state index in [1.54, 1.807) is 18.2 Å². The van der Waals surface area contributed by atoms with Crippen molar-refractivity contribution < 1.29 is 14.3 Å². The number of hydrogen-bond acceptors (Lipinski definition) is 4. The van der Waals surface area contributed by atoms with Crippen molar-refractivity contribution in [3.63, 3.8) is 0 Å². The van der Waals surface area contributed by atoms with Crippen molar-refractivity contribution in [1.82, 2.24) is 15.5 Å². The Hall–Kier alpha value is -2.63. The summed E-state index contributed by atoms with van der Waals surface area (Å²) in [5, 5.41) is 9.66. The highest BCUT2D eigenvalue weighted by molar-refractivity contribution is 6.05. The predicted octanol–water partition coefficient (Wildman–Crippen LogP) is 1.33. The monoisotopic (exact) mass is 299 g/mol. The van der Waals surface area contributed by atoms with Gasteiger partial charge in [-0.05, 0) is 26.0 Å². The molecule has 2 aromatic rings. The minimum absolute atomic E-state index is 0.115. The molecule has 1 amide bonds. The lowest BCUT2D eigenvalue weighted by Crippen LogP contribution is -2.47. The number of carbonyl (C=O) groups excluding carboxylic acids is 2.